The smallest absolute Gasteiger partial charge is 0.341 e. The first-order valence-electron chi connectivity index (χ1n) is 7.10. The van der Waals surface area contributed by atoms with Gasteiger partial charge in [0.1, 0.15) is 5.75 Å². The van der Waals surface area contributed by atoms with E-state index in [1.807, 2.05) is 25.9 Å². The number of ether oxygens (including phenoxy) is 1. The minimum atomic E-state index is -1.08. The van der Waals surface area contributed by atoms with Crippen LogP contribution in [0.25, 0.3) is 0 Å². The first-order valence-corrected chi connectivity index (χ1v) is 7.48. The zero-order valence-corrected chi connectivity index (χ0v) is 15.3. The first kappa shape index (κ1) is 21.7. The highest BCUT2D eigenvalue weighted by atomic mass is 35.5. The van der Waals surface area contributed by atoms with Gasteiger partial charge in [0.15, 0.2) is 12.4 Å². The number of aliphatic carboxylic acids is 1. The molecule has 23 heavy (non-hydrogen) atoms. The normalized spacial score (nSPS) is 11.7. The lowest BCUT2D eigenvalue weighted by molar-refractivity contribution is -0.139. The molecule has 0 aliphatic rings. The van der Waals surface area contributed by atoms with E-state index in [1.165, 1.54) is 0 Å². The Labute approximate surface area is 148 Å². The van der Waals surface area contributed by atoms with E-state index in [0.29, 0.717) is 17.7 Å². The summed E-state index contributed by atoms with van der Waals surface area (Å²) in [4.78, 5) is 25.2. The predicted octanol–water partition coefficient (Wildman–Crippen LogP) is 3.30. The number of carboxylic acids is 1. The lowest BCUT2D eigenvalue weighted by atomic mass is 9.92. The maximum absolute atomic E-state index is 12.6. The van der Waals surface area contributed by atoms with Crippen LogP contribution in [0.4, 0.5) is 0 Å². The predicted molar refractivity (Wildman–Crippen MR) is 93.2 cm³/mol. The molecule has 5 nitrogen and oxygen atoms in total. The largest absolute Gasteiger partial charge is 0.480 e. The molecule has 0 heterocycles. The maximum atomic E-state index is 12.6. The van der Waals surface area contributed by atoms with E-state index < -0.39 is 12.6 Å². The van der Waals surface area contributed by atoms with Crippen molar-refractivity contribution in [3.63, 3.8) is 0 Å². The number of nitrogens with zero attached hydrogens (tertiary/aromatic N) is 1. The summed E-state index contributed by atoms with van der Waals surface area (Å²) in [5.41, 5.74) is 1.17. The number of rotatable bonds is 8. The summed E-state index contributed by atoms with van der Waals surface area (Å²) in [7, 11) is 3.86. The summed E-state index contributed by atoms with van der Waals surface area (Å²) < 4.78 is 5.11. The van der Waals surface area contributed by atoms with Gasteiger partial charge in [-0.05, 0) is 45.1 Å². The second kappa shape index (κ2) is 9.75. The zero-order valence-electron chi connectivity index (χ0n) is 13.8. The molecule has 0 aliphatic carbocycles. The highest BCUT2D eigenvalue weighted by Crippen LogP contribution is 2.31. The molecule has 0 spiro atoms. The van der Waals surface area contributed by atoms with Crippen molar-refractivity contribution in [2.24, 2.45) is 5.92 Å². The number of Topliss-reactive ketones (excluding diaryl/α,β-unsaturated/α-hetero) is 1. The molecular weight excluding hydrogens is 341 g/mol. The van der Waals surface area contributed by atoms with Crippen LogP contribution in [0.5, 0.6) is 5.75 Å². The van der Waals surface area contributed by atoms with Crippen molar-refractivity contribution < 1.29 is 19.4 Å². The van der Waals surface area contributed by atoms with Crippen molar-refractivity contribution in [1.82, 2.24) is 4.90 Å². The second-order valence-electron chi connectivity index (χ2n) is 5.46. The van der Waals surface area contributed by atoms with Crippen LogP contribution in [0.2, 0.25) is 5.02 Å². The lowest BCUT2D eigenvalue weighted by Crippen LogP contribution is -2.28. The van der Waals surface area contributed by atoms with E-state index in [-0.39, 0.29) is 34.9 Å². The average Bonchev–Trinajstić information content (AvgIpc) is 2.45. The SMILES string of the molecule is CCC(CN(C)C)C(=O)c1ccc(OCC(=O)O)c(Cl)c1C.Cl. The molecule has 1 atom stereocenters. The minimum absolute atomic E-state index is 0. The standard InChI is InChI=1S/C16H22ClNO4.ClH/c1-5-11(8-18(3)4)16(21)12-6-7-13(15(17)10(12)2)22-9-14(19)20;/h6-7,11H,5,8-9H2,1-4H3,(H,19,20);1H. The van der Waals surface area contributed by atoms with Crippen LogP contribution < -0.4 is 4.74 Å². The Morgan fingerprint density at radius 3 is 2.43 bits per heavy atom. The fraction of sp³-hybridized carbons (Fsp3) is 0.500. The number of hydrogen-bond donors (Lipinski definition) is 1. The van der Waals surface area contributed by atoms with Crippen molar-refractivity contribution in [1.29, 1.82) is 0 Å². The summed E-state index contributed by atoms with van der Waals surface area (Å²) in [5, 5.41) is 8.92. The van der Waals surface area contributed by atoms with Crippen LogP contribution >= 0.6 is 24.0 Å². The zero-order chi connectivity index (χ0) is 16.9. The van der Waals surface area contributed by atoms with Crippen LogP contribution in [0.15, 0.2) is 12.1 Å². The molecule has 130 valence electrons. The molecule has 1 unspecified atom stereocenters. The number of ketones is 1. The molecule has 1 aromatic carbocycles. The molecule has 1 N–H and O–H groups in total. The Balaban J connectivity index is 0.00000484. The van der Waals surface area contributed by atoms with Gasteiger partial charge in [0.25, 0.3) is 0 Å². The third kappa shape index (κ3) is 6.01. The van der Waals surface area contributed by atoms with Gasteiger partial charge in [-0.15, -0.1) is 12.4 Å². The molecular formula is C16H23Cl2NO4. The van der Waals surface area contributed by atoms with Crippen molar-refractivity contribution in [3.8, 4) is 5.75 Å². The highest BCUT2D eigenvalue weighted by Gasteiger charge is 2.22. The summed E-state index contributed by atoms with van der Waals surface area (Å²) >= 11 is 6.20. The number of halogens is 2. The van der Waals surface area contributed by atoms with Gasteiger partial charge in [0, 0.05) is 18.0 Å². The molecule has 0 saturated carbocycles. The van der Waals surface area contributed by atoms with E-state index in [4.69, 9.17) is 21.4 Å². The van der Waals surface area contributed by atoms with Crippen molar-refractivity contribution >= 4 is 35.8 Å². The molecule has 0 fully saturated rings. The van der Waals surface area contributed by atoms with Crippen LogP contribution in [0.3, 0.4) is 0 Å². The number of hydrogen-bond acceptors (Lipinski definition) is 4. The molecule has 0 amide bonds. The van der Waals surface area contributed by atoms with Crippen molar-refractivity contribution in [3.05, 3.63) is 28.3 Å². The maximum Gasteiger partial charge on any atom is 0.341 e. The summed E-state index contributed by atoms with van der Waals surface area (Å²) in [6.45, 7) is 3.92. The Morgan fingerprint density at radius 2 is 1.96 bits per heavy atom. The summed E-state index contributed by atoms with van der Waals surface area (Å²) in [6.07, 6.45) is 0.741. The van der Waals surface area contributed by atoms with E-state index in [1.54, 1.807) is 19.1 Å². The number of carbonyl (C=O) groups excluding carboxylic acids is 1. The number of carboxylic acid groups (broad SMARTS) is 1. The minimum Gasteiger partial charge on any atom is -0.480 e. The quantitative estimate of drug-likeness (QED) is 0.717. The van der Waals surface area contributed by atoms with Crippen molar-refractivity contribution in [2.45, 2.75) is 20.3 Å². The monoisotopic (exact) mass is 363 g/mol. The van der Waals surface area contributed by atoms with Gasteiger partial charge in [-0.25, -0.2) is 4.79 Å². The molecule has 7 heteroatoms. The molecule has 0 aliphatic heterocycles. The van der Waals surface area contributed by atoms with Crippen LogP contribution in [0, 0.1) is 12.8 Å². The second-order valence-corrected chi connectivity index (χ2v) is 5.84. The topological polar surface area (TPSA) is 66.8 Å². The number of carbonyl (C=O) groups is 2. The molecule has 0 aromatic heterocycles. The Morgan fingerprint density at radius 1 is 1.35 bits per heavy atom. The van der Waals surface area contributed by atoms with Crippen LogP contribution in [-0.4, -0.2) is 49.0 Å². The lowest BCUT2D eigenvalue weighted by Gasteiger charge is -2.20. The molecule has 0 radical (unpaired) electrons. The van der Waals surface area contributed by atoms with Gasteiger partial charge in [0.05, 0.1) is 5.02 Å². The Kier molecular flexibility index (Phi) is 9.20. The highest BCUT2D eigenvalue weighted by molar-refractivity contribution is 6.33. The van der Waals surface area contributed by atoms with Gasteiger partial charge in [-0.3, -0.25) is 4.79 Å². The fourth-order valence-electron chi connectivity index (χ4n) is 2.24. The summed E-state index contributed by atoms with van der Waals surface area (Å²) in [5.74, 6) is -0.861. The van der Waals surface area contributed by atoms with Gasteiger partial charge < -0.3 is 14.7 Å². The summed E-state index contributed by atoms with van der Waals surface area (Å²) in [6, 6.07) is 3.20. The van der Waals surface area contributed by atoms with E-state index >= 15 is 0 Å². The van der Waals surface area contributed by atoms with Gasteiger partial charge in [0.2, 0.25) is 0 Å². The third-order valence-electron chi connectivity index (χ3n) is 3.42. The Bertz CT molecular complexity index is 561. The average molecular weight is 364 g/mol. The third-order valence-corrected chi connectivity index (χ3v) is 3.89. The van der Waals surface area contributed by atoms with Crippen molar-refractivity contribution in [2.75, 3.05) is 27.2 Å². The molecule has 0 saturated heterocycles. The van der Waals surface area contributed by atoms with E-state index in [0.717, 1.165) is 6.42 Å². The first-order chi connectivity index (χ1) is 10.3. The van der Waals surface area contributed by atoms with Crippen LogP contribution in [-0.2, 0) is 4.79 Å². The van der Waals surface area contributed by atoms with E-state index in [9.17, 15) is 9.59 Å². The number of benzene rings is 1. The van der Waals surface area contributed by atoms with Gasteiger partial charge in [-0.2, -0.15) is 0 Å². The molecule has 1 rings (SSSR count). The molecule has 0 bridgehead atoms. The van der Waals surface area contributed by atoms with E-state index in [2.05, 4.69) is 0 Å². The van der Waals surface area contributed by atoms with Gasteiger partial charge in [-0.1, -0.05) is 18.5 Å². The fourth-order valence-corrected chi connectivity index (χ4v) is 2.46. The van der Waals surface area contributed by atoms with Gasteiger partial charge >= 0.3 is 5.97 Å². The Hall–Kier alpha value is -1.30. The van der Waals surface area contributed by atoms with Crippen LogP contribution in [0.1, 0.15) is 29.3 Å². The molecule has 1 aromatic rings.